The van der Waals surface area contributed by atoms with Crippen LogP contribution in [0.15, 0.2) is 18.3 Å². The van der Waals surface area contributed by atoms with E-state index < -0.39 is 0 Å². The third-order valence-corrected chi connectivity index (χ3v) is 1.83. The highest BCUT2D eigenvalue weighted by Crippen LogP contribution is 2.15. The number of hydrogen-bond acceptors (Lipinski definition) is 3. The summed E-state index contributed by atoms with van der Waals surface area (Å²) in [4.78, 5) is 6.31. The predicted octanol–water partition coefficient (Wildman–Crippen LogP) is 1.04. The van der Waals surface area contributed by atoms with Gasteiger partial charge in [0.15, 0.2) is 0 Å². The van der Waals surface area contributed by atoms with Gasteiger partial charge in [-0.3, -0.25) is 0 Å². The van der Waals surface area contributed by atoms with Gasteiger partial charge in [0.05, 0.1) is 0 Å². The van der Waals surface area contributed by atoms with E-state index in [0.29, 0.717) is 0 Å². The zero-order valence-corrected chi connectivity index (χ0v) is 8.49. The first-order chi connectivity index (χ1) is 6.11. The lowest BCUT2D eigenvalue weighted by Crippen LogP contribution is -2.21. The third-order valence-electron chi connectivity index (χ3n) is 1.83. The number of aromatic nitrogens is 1. The zero-order valence-electron chi connectivity index (χ0n) is 8.49. The van der Waals surface area contributed by atoms with Gasteiger partial charge < -0.3 is 10.6 Å². The molecule has 0 spiro atoms. The highest BCUT2D eigenvalue weighted by atomic mass is 15.1. The van der Waals surface area contributed by atoms with E-state index in [1.165, 1.54) is 5.56 Å². The first-order valence-corrected chi connectivity index (χ1v) is 4.48. The van der Waals surface area contributed by atoms with E-state index in [9.17, 15) is 0 Å². The van der Waals surface area contributed by atoms with Gasteiger partial charge in [-0.05, 0) is 25.0 Å². The Kier molecular flexibility index (Phi) is 3.25. The molecule has 1 rings (SSSR count). The van der Waals surface area contributed by atoms with Crippen molar-refractivity contribution in [2.24, 2.45) is 5.73 Å². The fraction of sp³-hybridized carbons (Fsp3) is 0.500. The van der Waals surface area contributed by atoms with Gasteiger partial charge in [0.2, 0.25) is 0 Å². The van der Waals surface area contributed by atoms with Crippen molar-refractivity contribution in [1.82, 2.24) is 4.98 Å². The molecule has 1 aromatic rings. The van der Waals surface area contributed by atoms with Gasteiger partial charge in [-0.15, -0.1) is 0 Å². The minimum absolute atomic E-state index is 0.183. The summed E-state index contributed by atoms with van der Waals surface area (Å²) in [6.45, 7) is 2.01. The summed E-state index contributed by atoms with van der Waals surface area (Å²) in [5.41, 5.74) is 6.96. The largest absolute Gasteiger partial charge is 0.363 e. The van der Waals surface area contributed by atoms with Crippen molar-refractivity contribution in [3.05, 3.63) is 23.9 Å². The normalized spacial score (nSPS) is 12.6. The van der Waals surface area contributed by atoms with E-state index in [1.54, 1.807) is 6.20 Å². The zero-order chi connectivity index (χ0) is 9.84. The standard InChI is InChI=1S/C10H17N3/c1-8(11)7-9-5-4-6-12-10(9)13(2)3/h4-6,8H,7,11H2,1-3H3/t8-/m1/s1. The van der Waals surface area contributed by atoms with Crippen molar-refractivity contribution in [3.8, 4) is 0 Å². The summed E-state index contributed by atoms with van der Waals surface area (Å²) in [6.07, 6.45) is 2.68. The number of hydrogen-bond donors (Lipinski definition) is 1. The summed E-state index contributed by atoms with van der Waals surface area (Å²) < 4.78 is 0. The highest BCUT2D eigenvalue weighted by molar-refractivity contribution is 5.45. The molecule has 2 N–H and O–H groups in total. The van der Waals surface area contributed by atoms with Gasteiger partial charge in [0.1, 0.15) is 5.82 Å². The van der Waals surface area contributed by atoms with Crippen molar-refractivity contribution in [3.63, 3.8) is 0 Å². The first-order valence-electron chi connectivity index (χ1n) is 4.48. The molecule has 0 aliphatic rings. The van der Waals surface area contributed by atoms with Crippen molar-refractivity contribution in [1.29, 1.82) is 0 Å². The number of rotatable bonds is 3. The molecule has 0 saturated carbocycles. The Bertz CT molecular complexity index is 269. The quantitative estimate of drug-likeness (QED) is 0.753. The molecule has 72 valence electrons. The molecular weight excluding hydrogens is 162 g/mol. The van der Waals surface area contributed by atoms with Crippen LogP contribution in [0.25, 0.3) is 0 Å². The molecule has 0 saturated heterocycles. The number of anilines is 1. The Morgan fingerprint density at radius 2 is 2.23 bits per heavy atom. The second kappa shape index (κ2) is 4.23. The van der Waals surface area contributed by atoms with Gasteiger partial charge in [-0.1, -0.05) is 6.07 Å². The van der Waals surface area contributed by atoms with Crippen LogP contribution in [0.4, 0.5) is 5.82 Å². The molecule has 3 heteroatoms. The van der Waals surface area contributed by atoms with E-state index in [2.05, 4.69) is 11.1 Å². The van der Waals surface area contributed by atoms with Crippen molar-refractivity contribution in [2.45, 2.75) is 19.4 Å². The molecular formula is C10H17N3. The van der Waals surface area contributed by atoms with Crippen molar-refractivity contribution >= 4 is 5.82 Å². The van der Waals surface area contributed by atoms with Crippen LogP contribution in [0.1, 0.15) is 12.5 Å². The number of pyridine rings is 1. The second-order valence-electron chi connectivity index (χ2n) is 3.56. The average Bonchev–Trinajstić information content (AvgIpc) is 2.03. The molecule has 0 aliphatic heterocycles. The SMILES string of the molecule is C[C@@H](N)Cc1cccnc1N(C)C. The van der Waals surface area contributed by atoms with Crippen molar-refractivity contribution in [2.75, 3.05) is 19.0 Å². The lowest BCUT2D eigenvalue weighted by atomic mass is 10.1. The van der Waals surface area contributed by atoms with Crippen molar-refractivity contribution < 1.29 is 0 Å². The molecule has 3 nitrogen and oxygen atoms in total. The maximum Gasteiger partial charge on any atom is 0.131 e. The van der Waals surface area contributed by atoms with E-state index in [1.807, 2.05) is 32.0 Å². The smallest absolute Gasteiger partial charge is 0.131 e. The molecule has 0 bridgehead atoms. The number of nitrogens with two attached hydrogens (primary N) is 1. The Hall–Kier alpha value is -1.09. The molecule has 1 atom stereocenters. The van der Waals surface area contributed by atoms with E-state index in [-0.39, 0.29) is 6.04 Å². The lowest BCUT2D eigenvalue weighted by Gasteiger charge is -2.16. The maximum absolute atomic E-state index is 5.75. The fourth-order valence-corrected chi connectivity index (χ4v) is 1.34. The van der Waals surface area contributed by atoms with Crippen LogP contribution < -0.4 is 10.6 Å². The molecule has 0 aliphatic carbocycles. The van der Waals surface area contributed by atoms with Crippen LogP contribution in [0, 0.1) is 0 Å². The third kappa shape index (κ3) is 2.70. The van der Waals surface area contributed by atoms with Crippen LogP contribution in [0.3, 0.4) is 0 Å². The Balaban J connectivity index is 2.91. The van der Waals surface area contributed by atoms with Gasteiger partial charge in [0.25, 0.3) is 0 Å². The molecule has 13 heavy (non-hydrogen) atoms. The Labute approximate surface area is 79.6 Å². The first kappa shape index (κ1) is 9.99. The lowest BCUT2D eigenvalue weighted by molar-refractivity contribution is 0.734. The van der Waals surface area contributed by atoms with Crippen LogP contribution in [0.5, 0.6) is 0 Å². The highest BCUT2D eigenvalue weighted by Gasteiger charge is 2.06. The van der Waals surface area contributed by atoms with E-state index in [4.69, 9.17) is 5.73 Å². The molecule has 1 aromatic heterocycles. The summed E-state index contributed by atoms with van der Waals surface area (Å²) in [5.74, 6) is 1.01. The summed E-state index contributed by atoms with van der Waals surface area (Å²) in [7, 11) is 3.99. The monoisotopic (exact) mass is 179 g/mol. The maximum atomic E-state index is 5.75. The van der Waals surface area contributed by atoms with Crippen LogP contribution in [0.2, 0.25) is 0 Å². The molecule has 1 heterocycles. The minimum Gasteiger partial charge on any atom is -0.363 e. The number of nitrogens with zero attached hydrogens (tertiary/aromatic N) is 2. The van der Waals surface area contributed by atoms with Gasteiger partial charge in [-0.25, -0.2) is 4.98 Å². The summed E-state index contributed by atoms with van der Waals surface area (Å²) in [5, 5.41) is 0. The summed E-state index contributed by atoms with van der Waals surface area (Å²) in [6, 6.07) is 4.21. The molecule has 0 unspecified atom stereocenters. The molecule has 0 radical (unpaired) electrons. The summed E-state index contributed by atoms with van der Waals surface area (Å²) >= 11 is 0. The van der Waals surface area contributed by atoms with Crippen LogP contribution in [-0.4, -0.2) is 25.1 Å². The second-order valence-corrected chi connectivity index (χ2v) is 3.56. The molecule has 0 fully saturated rings. The van der Waals surface area contributed by atoms with Crippen LogP contribution in [-0.2, 0) is 6.42 Å². The minimum atomic E-state index is 0.183. The van der Waals surface area contributed by atoms with Gasteiger partial charge in [-0.2, -0.15) is 0 Å². The Morgan fingerprint density at radius 1 is 1.54 bits per heavy atom. The van der Waals surface area contributed by atoms with Gasteiger partial charge >= 0.3 is 0 Å². The Morgan fingerprint density at radius 3 is 2.77 bits per heavy atom. The molecule has 0 aromatic carbocycles. The van der Waals surface area contributed by atoms with Crippen LogP contribution >= 0.6 is 0 Å². The van der Waals surface area contributed by atoms with E-state index in [0.717, 1.165) is 12.2 Å². The van der Waals surface area contributed by atoms with Gasteiger partial charge in [0, 0.05) is 26.3 Å². The fourth-order valence-electron chi connectivity index (χ4n) is 1.34. The van der Waals surface area contributed by atoms with E-state index >= 15 is 0 Å². The molecule has 0 amide bonds. The average molecular weight is 179 g/mol. The predicted molar refractivity (Wildman–Crippen MR) is 55.9 cm³/mol. The topological polar surface area (TPSA) is 42.1 Å².